The van der Waals surface area contributed by atoms with Gasteiger partial charge < -0.3 is 5.73 Å². The summed E-state index contributed by atoms with van der Waals surface area (Å²) < 4.78 is 74.4. The van der Waals surface area contributed by atoms with Gasteiger partial charge in [-0.05, 0) is 24.1 Å². The summed E-state index contributed by atoms with van der Waals surface area (Å²) in [5, 5.41) is 0. The summed E-state index contributed by atoms with van der Waals surface area (Å²) in [5.41, 5.74) is 5.03. The fraction of sp³-hybridized carbons (Fsp3) is 0.400. The molecule has 0 bridgehead atoms. The summed E-state index contributed by atoms with van der Waals surface area (Å²) in [6, 6.07) is 2.77. The van der Waals surface area contributed by atoms with E-state index in [0.717, 1.165) is 18.2 Å². The van der Waals surface area contributed by atoms with Crippen molar-refractivity contribution in [1.82, 2.24) is 0 Å². The van der Waals surface area contributed by atoms with Crippen LogP contribution < -0.4 is 5.73 Å². The standard InChI is InChI=1S/C10H9F6N/c1-5-4-6(2-3-7(5)17)8(11)9(12,13)10(14,15)16/h2-4,8H,17H2,1H3. The number of nitrogen functional groups attached to an aromatic ring is 1. The monoisotopic (exact) mass is 257 g/mol. The zero-order valence-electron chi connectivity index (χ0n) is 8.65. The number of hydrogen-bond acceptors (Lipinski definition) is 1. The second kappa shape index (κ2) is 4.12. The van der Waals surface area contributed by atoms with Gasteiger partial charge in [0.25, 0.3) is 0 Å². The highest BCUT2D eigenvalue weighted by molar-refractivity contribution is 5.48. The molecule has 7 heteroatoms. The Morgan fingerprint density at radius 2 is 1.65 bits per heavy atom. The molecule has 0 saturated carbocycles. The van der Waals surface area contributed by atoms with Gasteiger partial charge in [-0.2, -0.15) is 22.0 Å². The smallest absolute Gasteiger partial charge is 0.399 e. The topological polar surface area (TPSA) is 26.0 Å². The van der Waals surface area contributed by atoms with Crippen LogP contribution in [0.15, 0.2) is 18.2 Å². The number of benzene rings is 1. The van der Waals surface area contributed by atoms with E-state index in [9.17, 15) is 26.3 Å². The molecular formula is C10H9F6N. The summed E-state index contributed by atoms with van der Waals surface area (Å²) in [5.74, 6) is -5.42. The average molecular weight is 257 g/mol. The van der Waals surface area contributed by atoms with E-state index in [4.69, 9.17) is 5.73 Å². The van der Waals surface area contributed by atoms with Crippen molar-refractivity contribution in [2.24, 2.45) is 0 Å². The number of nitrogens with two attached hydrogens (primary N) is 1. The molecule has 0 saturated heterocycles. The van der Waals surface area contributed by atoms with Crippen LogP contribution in [-0.2, 0) is 0 Å². The van der Waals surface area contributed by atoms with Crippen LogP contribution in [0, 0.1) is 6.92 Å². The van der Waals surface area contributed by atoms with Crippen LogP contribution in [0.2, 0.25) is 0 Å². The molecule has 0 heterocycles. The Labute approximate surface area is 93.2 Å². The fourth-order valence-electron chi connectivity index (χ4n) is 1.21. The first-order chi connectivity index (χ1) is 7.57. The van der Waals surface area contributed by atoms with Gasteiger partial charge in [-0.3, -0.25) is 0 Å². The van der Waals surface area contributed by atoms with Crippen LogP contribution in [-0.4, -0.2) is 12.1 Å². The maximum Gasteiger partial charge on any atom is 0.456 e. The number of halogens is 6. The van der Waals surface area contributed by atoms with Crippen LogP contribution in [0.1, 0.15) is 17.3 Å². The molecule has 2 N–H and O–H groups in total. The van der Waals surface area contributed by atoms with Gasteiger partial charge in [0, 0.05) is 5.69 Å². The van der Waals surface area contributed by atoms with Gasteiger partial charge in [-0.15, -0.1) is 0 Å². The second-order valence-corrected chi connectivity index (χ2v) is 3.60. The van der Waals surface area contributed by atoms with Gasteiger partial charge in [-0.1, -0.05) is 12.1 Å². The van der Waals surface area contributed by atoms with Crippen molar-refractivity contribution in [2.45, 2.75) is 25.2 Å². The van der Waals surface area contributed by atoms with E-state index >= 15 is 0 Å². The summed E-state index contributed by atoms with van der Waals surface area (Å²) in [6.45, 7) is 1.39. The molecule has 0 fully saturated rings. The molecule has 1 aromatic carbocycles. The Morgan fingerprint density at radius 1 is 1.12 bits per heavy atom. The zero-order chi connectivity index (χ0) is 13.4. The van der Waals surface area contributed by atoms with Gasteiger partial charge in [0.05, 0.1) is 0 Å². The average Bonchev–Trinajstić information content (AvgIpc) is 2.19. The lowest BCUT2D eigenvalue weighted by Crippen LogP contribution is -2.40. The third-order valence-electron chi connectivity index (χ3n) is 2.28. The Balaban J connectivity index is 3.12. The highest BCUT2D eigenvalue weighted by Crippen LogP contribution is 2.46. The van der Waals surface area contributed by atoms with Gasteiger partial charge in [0.1, 0.15) is 0 Å². The molecule has 1 aromatic rings. The molecule has 0 aliphatic heterocycles. The maximum absolute atomic E-state index is 13.2. The summed E-state index contributed by atoms with van der Waals surface area (Å²) >= 11 is 0. The van der Waals surface area contributed by atoms with E-state index in [1.807, 2.05) is 0 Å². The predicted octanol–water partition coefficient (Wildman–Crippen LogP) is 3.79. The van der Waals surface area contributed by atoms with Crippen LogP contribution in [0.5, 0.6) is 0 Å². The summed E-state index contributed by atoms with van der Waals surface area (Å²) in [6.07, 6.45) is -9.37. The van der Waals surface area contributed by atoms with Crippen molar-refractivity contribution in [3.8, 4) is 0 Å². The first-order valence-corrected chi connectivity index (χ1v) is 4.52. The third-order valence-corrected chi connectivity index (χ3v) is 2.28. The number of anilines is 1. The molecule has 0 radical (unpaired) electrons. The lowest BCUT2D eigenvalue weighted by atomic mass is 10.0. The van der Waals surface area contributed by atoms with Crippen molar-refractivity contribution >= 4 is 5.69 Å². The Hall–Kier alpha value is -1.40. The summed E-state index contributed by atoms with van der Waals surface area (Å²) in [4.78, 5) is 0. The largest absolute Gasteiger partial charge is 0.456 e. The third kappa shape index (κ3) is 2.48. The minimum Gasteiger partial charge on any atom is -0.399 e. The number of aryl methyl sites for hydroxylation is 1. The zero-order valence-corrected chi connectivity index (χ0v) is 8.65. The van der Waals surface area contributed by atoms with E-state index in [1.165, 1.54) is 6.92 Å². The van der Waals surface area contributed by atoms with Crippen molar-refractivity contribution in [1.29, 1.82) is 0 Å². The Morgan fingerprint density at radius 3 is 2.06 bits per heavy atom. The number of alkyl halides is 6. The van der Waals surface area contributed by atoms with E-state index < -0.39 is 23.8 Å². The molecule has 96 valence electrons. The van der Waals surface area contributed by atoms with Crippen LogP contribution >= 0.6 is 0 Å². The normalized spacial score (nSPS) is 14.8. The van der Waals surface area contributed by atoms with Gasteiger partial charge in [0.15, 0.2) is 6.17 Å². The number of hydrogen-bond donors (Lipinski definition) is 1. The Bertz CT molecular complexity index is 412. The molecule has 1 atom stereocenters. The Kier molecular flexibility index (Phi) is 3.31. The van der Waals surface area contributed by atoms with Crippen molar-refractivity contribution in [3.63, 3.8) is 0 Å². The van der Waals surface area contributed by atoms with Gasteiger partial charge in [0.2, 0.25) is 0 Å². The SMILES string of the molecule is Cc1cc(C(F)C(F)(F)C(F)(F)F)ccc1N. The lowest BCUT2D eigenvalue weighted by Gasteiger charge is -2.23. The van der Waals surface area contributed by atoms with Crippen molar-refractivity contribution < 1.29 is 26.3 Å². The lowest BCUT2D eigenvalue weighted by molar-refractivity contribution is -0.305. The predicted molar refractivity (Wildman–Crippen MR) is 50.4 cm³/mol. The van der Waals surface area contributed by atoms with E-state index in [1.54, 1.807) is 0 Å². The van der Waals surface area contributed by atoms with Gasteiger partial charge >= 0.3 is 12.1 Å². The molecule has 0 amide bonds. The highest BCUT2D eigenvalue weighted by Gasteiger charge is 2.63. The quantitative estimate of drug-likeness (QED) is 0.633. The second-order valence-electron chi connectivity index (χ2n) is 3.60. The van der Waals surface area contributed by atoms with E-state index in [0.29, 0.717) is 0 Å². The van der Waals surface area contributed by atoms with Crippen LogP contribution in [0.25, 0.3) is 0 Å². The molecule has 0 spiro atoms. The minimum absolute atomic E-state index is 0.191. The first kappa shape index (κ1) is 13.7. The van der Waals surface area contributed by atoms with Crippen LogP contribution in [0.3, 0.4) is 0 Å². The molecule has 0 aromatic heterocycles. The van der Waals surface area contributed by atoms with Crippen molar-refractivity contribution in [2.75, 3.05) is 5.73 Å². The molecule has 1 nitrogen and oxygen atoms in total. The molecule has 1 rings (SSSR count). The summed E-state index contributed by atoms with van der Waals surface area (Å²) in [7, 11) is 0. The number of rotatable bonds is 2. The van der Waals surface area contributed by atoms with Crippen molar-refractivity contribution in [3.05, 3.63) is 29.3 Å². The van der Waals surface area contributed by atoms with E-state index in [-0.39, 0.29) is 11.3 Å². The molecule has 17 heavy (non-hydrogen) atoms. The minimum atomic E-state index is -5.93. The molecular weight excluding hydrogens is 248 g/mol. The fourth-order valence-corrected chi connectivity index (χ4v) is 1.21. The first-order valence-electron chi connectivity index (χ1n) is 4.52. The maximum atomic E-state index is 13.2. The van der Waals surface area contributed by atoms with Crippen LogP contribution in [0.4, 0.5) is 32.0 Å². The highest BCUT2D eigenvalue weighted by atomic mass is 19.4. The molecule has 0 aliphatic rings. The molecule has 1 unspecified atom stereocenters. The molecule has 0 aliphatic carbocycles. The van der Waals surface area contributed by atoms with Gasteiger partial charge in [-0.25, -0.2) is 4.39 Å². The van der Waals surface area contributed by atoms with E-state index in [2.05, 4.69) is 0 Å².